The number of carbonyl (C=O) groups is 2. The minimum atomic E-state index is -0.367. The normalized spacial score (nSPS) is 22.2. The maximum absolute atomic E-state index is 13.0. The molecule has 0 saturated carbocycles. The molecule has 3 aliphatic rings. The first-order valence-electron chi connectivity index (χ1n) is 10.1. The van der Waals surface area contributed by atoms with Crippen LogP contribution in [0.15, 0.2) is 46.9 Å². The number of benzene rings is 2. The molecule has 5 rings (SSSR count). The van der Waals surface area contributed by atoms with Gasteiger partial charge < -0.3 is 9.47 Å². The van der Waals surface area contributed by atoms with E-state index in [0.29, 0.717) is 5.69 Å². The maximum Gasteiger partial charge on any atom is 0.251 e. The second kappa shape index (κ2) is 8.02. The molecule has 2 amide bonds. The molecule has 0 N–H and O–H groups in total. The fraction of sp³-hybridized carbons (Fsp3) is 0.364. The Labute approximate surface area is 183 Å². The van der Waals surface area contributed by atoms with Crippen LogP contribution >= 0.6 is 15.9 Å². The van der Waals surface area contributed by atoms with Crippen molar-refractivity contribution in [3.8, 4) is 11.5 Å². The summed E-state index contributed by atoms with van der Waals surface area (Å²) in [6.07, 6.45) is 0.247. The van der Waals surface area contributed by atoms with E-state index in [4.69, 9.17) is 9.47 Å². The number of rotatable bonds is 4. The summed E-state index contributed by atoms with van der Waals surface area (Å²) in [7, 11) is 0. The zero-order chi connectivity index (χ0) is 20.7. The molecule has 8 heteroatoms. The third-order valence-electron chi connectivity index (χ3n) is 5.90. The van der Waals surface area contributed by atoms with Crippen LogP contribution in [0.1, 0.15) is 12.0 Å². The van der Waals surface area contributed by atoms with Gasteiger partial charge in [0.05, 0.1) is 18.2 Å². The number of amides is 2. The number of imide groups is 1. The molecule has 30 heavy (non-hydrogen) atoms. The van der Waals surface area contributed by atoms with Gasteiger partial charge in [-0.05, 0) is 42.0 Å². The molecule has 2 aromatic carbocycles. The third kappa shape index (κ3) is 3.71. The van der Waals surface area contributed by atoms with Crippen molar-refractivity contribution in [1.82, 2.24) is 9.80 Å². The minimum absolute atomic E-state index is 0.119. The Morgan fingerprint density at radius 2 is 1.67 bits per heavy atom. The van der Waals surface area contributed by atoms with Crippen molar-refractivity contribution in [3.63, 3.8) is 0 Å². The molecule has 7 nitrogen and oxygen atoms in total. The van der Waals surface area contributed by atoms with Gasteiger partial charge in [-0.2, -0.15) is 0 Å². The number of fused-ring (bicyclic) bond motifs is 1. The second-order valence-electron chi connectivity index (χ2n) is 7.76. The fourth-order valence-corrected chi connectivity index (χ4v) is 4.56. The molecule has 3 aliphatic heterocycles. The lowest BCUT2D eigenvalue weighted by Gasteiger charge is -2.37. The number of hydrogen-bond donors (Lipinski definition) is 0. The van der Waals surface area contributed by atoms with Crippen molar-refractivity contribution in [2.45, 2.75) is 19.0 Å². The predicted octanol–water partition coefficient (Wildman–Crippen LogP) is 2.63. The Hall–Kier alpha value is -2.42. The Balaban J connectivity index is 1.20. The summed E-state index contributed by atoms with van der Waals surface area (Å²) in [4.78, 5) is 31.4. The van der Waals surface area contributed by atoms with Gasteiger partial charge in [-0.25, -0.2) is 4.90 Å². The maximum atomic E-state index is 13.0. The molecule has 0 spiro atoms. The van der Waals surface area contributed by atoms with Crippen molar-refractivity contribution >= 4 is 33.4 Å². The van der Waals surface area contributed by atoms with E-state index < -0.39 is 0 Å². The molecule has 3 heterocycles. The van der Waals surface area contributed by atoms with E-state index in [1.54, 1.807) is 12.1 Å². The smallest absolute Gasteiger partial charge is 0.251 e. The van der Waals surface area contributed by atoms with E-state index in [0.717, 1.165) is 48.7 Å². The Kier molecular flexibility index (Phi) is 5.22. The molecule has 1 atom stereocenters. The van der Waals surface area contributed by atoms with Crippen LogP contribution in [0.3, 0.4) is 0 Å². The van der Waals surface area contributed by atoms with Crippen LogP contribution in [-0.2, 0) is 16.1 Å². The van der Waals surface area contributed by atoms with Crippen LogP contribution < -0.4 is 14.4 Å². The molecule has 2 saturated heterocycles. The van der Waals surface area contributed by atoms with Crippen LogP contribution in [-0.4, -0.2) is 60.6 Å². The Bertz CT molecular complexity index is 973. The van der Waals surface area contributed by atoms with Crippen molar-refractivity contribution in [2.75, 3.05) is 37.9 Å². The van der Waals surface area contributed by atoms with E-state index >= 15 is 0 Å². The van der Waals surface area contributed by atoms with Gasteiger partial charge in [-0.3, -0.25) is 19.4 Å². The topological polar surface area (TPSA) is 62.3 Å². The number of hydrogen-bond acceptors (Lipinski definition) is 6. The monoisotopic (exact) mass is 471 g/mol. The molecule has 0 aliphatic carbocycles. The first-order valence-corrected chi connectivity index (χ1v) is 10.8. The molecule has 2 fully saturated rings. The van der Waals surface area contributed by atoms with Gasteiger partial charge in [0.2, 0.25) is 12.7 Å². The molecule has 0 bridgehead atoms. The highest BCUT2D eigenvalue weighted by Crippen LogP contribution is 2.33. The van der Waals surface area contributed by atoms with Gasteiger partial charge in [0.15, 0.2) is 11.5 Å². The number of anilines is 1. The molecule has 156 valence electrons. The van der Waals surface area contributed by atoms with Crippen LogP contribution in [0.4, 0.5) is 5.69 Å². The average molecular weight is 472 g/mol. The molecule has 0 aromatic heterocycles. The molecular formula is C22H22BrN3O4. The number of halogens is 1. The fourth-order valence-electron chi connectivity index (χ4n) is 4.29. The van der Waals surface area contributed by atoms with Gasteiger partial charge in [-0.15, -0.1) is 0 Å². The minimum Gasteiger partial charge on any atom is -0.454 e. The van der Waals surface area contributed by atoms with Crippen molar-refractivity contribution < 1.29 is 19.1 Å². The lowest BCUT2D eigenvalue weighted by atomic mass is 10.1. The number of nitrogens with zero attached hydrogens (tertiary/aromatic N) is 3. The average Bonchev–Trinajstić information content (AvgIpc) is 3.33. The van der Waals surface area contributed by atoms with Gasteiger partial charge in [0.1, 0.15) is 0 Å². The standard InChI is InChI=1S/C22H22BrN3O4/c23-16-2-4-17(5-3-16)26-21(27)12-18(22(26)28)25-9-7-24(8-10-25)13-15-1-6-19-20(11-15)30-14-29-19/h1-6,11,18H,7-10,12-14H2/t18-/m1/s1. The number of carbonyl (C=O) groups excluding carboxylic acids is 2. The summed E-state index contributed by atoms with van der Waals surface area (Å²) < 4.78 is 11.8. The predicted molar refractivity (Wildman–Crippen MR) is 114 cm³/mol. The Morgan fingerprint density at radius 3 is 2.43 bits per heavy atom. The SMILES string of the molecule is O=C1C[C@@H](N2CCN(Cc3ccc4c(c3)OCO4)CC2)C(=O)N1c1ccc(Br)cc1. The largest absolute Gasteiger partial charge is 0.454 e. The van der Waals surface area contributed by atoms with Gasteiger partial charge in [0.25, 0.3) is 5.91 Å². The summed E-state index contributed by atoms with van der Waals surface area (Å²) in [6, 6.07) is 13.0. The highest BCUT2D eigenvalue weighted by molar-refractivity contribution is 9.10. The number of ether oxygens (including phenoxy) is 2. The second-order valence-corrected chi connectivity index (χ2v) is 8.68. The van der Waals surface area contributed by atoms with E-state index in [-0.39, 0.29) is 31.1 Å². The summed E-state index contributed by atoms with van der Waals surface area (Å²) >= 11 is 3.39. The third-order valence-corrected chi connectivity index (χ3v) is 6.43. The van der Waals surface area contributed by atoms with Crippen LogP contribution in [0.2, 0.25) is 0 Å². The molecule has 0 radical (unpaired) electrons. The van der Waals surface area contributed by atoms with Crippen LogP contribution in [0, 0.1) is 0 Å². The van der Waals surface area contributed by atoms with E-state index in [2.05, 4.69) is 31.8 Å². The molecule has 0 unspecified atom stereocenters. The van der Waals surface area contributed by atoms with E-state index in [9.17, 15) is 9.59 Å². The van der Waals surface area contributed by atoms with Crippen molar-refractivity contribution in [2.24, 2.45) is 0 Å². The van der Waals surface area contributed by atoms with Crippen molar-refractivity contribution in [3.05, 3.63) is 52.5 Å². The lowest BCUT2D eigenvalue weighted by Crippen LogP contribution is -2.52. The van der Waals surface area contributed by atoms with Crippen LogP contribution in [0.5, 0.6) is 11.5 Å². The first kappa shape index (κ1) is 19.5. The highest BCUT2D eigenvalue weighted by Gasteiger charge is 2.43. The van der Waals surface area contributed by atoms with Crippen molar-refractivity contribution in [1.29, 1.82) is 0 Å². The van der Waals surface area contributed by atoms with Crippen LogP contribution in [0.25, 0.3) is 0 Å². The molecular weight excluding hydrogens is 450 g/mol. The van der Waals surface area contributed by atoms with Gasteiger partial charge >= 0.3 is 0 Å². The Morgan fingerprint density at radius 1 is 0.933 bits per heavy atom. The molecule has 2 aromatic rings. The van der Waals surface area contributed by atoms with E-state index in [1.165, 1.54) is 10.5 Å². The first-order chi connectivity index (χ1) is 14.6. The zero-order valence-corrected chi connectivity index (χ0v) is 18.0. The highest BCUT2D eigenvalue weighted by atomic mass is 79.9. The quantitative estimate of drug-likeness (QED) is 0.638. The van der Waals surface area contributed by atoms with E-state index in [1.807, 2.05) is 24.3 Å². The lowest BCUT2D eigenvalue weighted by molar-refractivity contribution is -0.123. The van der Waals surface area contributed by atoms with Gasteiger partial charge in [0, 0.05) is 37.2 Å². The van der Waals surface area contributed by atoms with Gasteiger partial charge in [-0.1, -0.05) is 22.0 Å². The number of piperazine rings is 1. The summed E-state index contributed by atoms with van der Waals surface area (Å²) in [5.74, 6) is 1.35. The zero-order valence-electron chi connectivity index (χ0n) is 16.4. The summed E-state index contributed by atoms with van der Waals surface area (Å²) in [5.41, 5.74) is 1.82. The summed E-state index contributed by atoms with van der Waals surface area (Å²) in [5, 5.41) is 0. The summed E-state index contributed by atoms with van der Waals surface area (Å²) in [6.45, 7) is 4.34.